The fourth-order valence-electron chi connectivity index (χ4n) is 3.44. The fourth-order valence-corrected chi connectivity index (χ4v) is 19.6. The summed E-state index contributed by atoms with van der Waals surface area (Å²) in [6, 6.07) is 0. The molecule has 0 fully saturated rings. The van der Waals surface area contributed by atoms with Crippen LogP contribution in [0.3, 0.4) is 0 Å². The zero-order valence-corrected chi connectivity index (χ0v) is 20.5. The van der Waals surface area contributed by atoms with Gasteiger partial charge in [-0.3, -0.25) is 0 Å². The molecule has 0 aromatic rings. The van der Waals surface area contributed by atoms with Gasteiger partial charge in [-0.1, -0.05) is 0 Å². The van der Waals surface area contributed by atoms with Gasteiger partial charge in [0.2, 0.25) is 0 Å². The molecule has 0 spiro atoms. The molecule has 0 bridgehead atoms. The molecule has 0 N–H and O–H groups in total. The Labute approximate surface area is 161 Å². The summed E-state index contributed by atoms with van der Waals surface area (Å²) in [7, 11) is 1.70. The van der Waals surface area contributed by atoms with Crippen LogP contribution < -0.4 is 0 Å². The molecule has 0 aliphatic rings. The van der Waals surface area contributed by atoms with Crippen molar-refractivity contribution < 1.29 is 14.2 Å². The van der Waals surface area contributed by atoms with E-state index in [1.54, 1.807) is 13.4 Å². The van der Waals surface area contributed by atoms with Gasteiger partial charge in [-0.15, -0.1) is 0 Å². The van der Waals surface area contributed by atoms with E-state index in [0.717, 1.165) is 0 Å². The van der Waals surface area contributed by atoms with E-state index < -0.39 is 18.4 Å². The van der Waals surface area contributed by atoms with Crippen LogP contribution in [0.25, 0.3) is 0 Å². The van der Waals surface area contributed by atoms with Crippen molar-refractivity contribution in [2.24, 2.45) is 0 Å². The van der Waals surface area contributed by atoms with Crippen molar-refractivity contribution in [1.82, 2.24) is 0 Å². The Kier molecular flexibility index (Phi) is 16.3. The first kappa shape index (κ1) is 25.0. The molecule has 3 nitrogen and oxygen atoms in total. The van der Waals surface area contributed by atoms with Gasteiger partial charge in [0.25, 0.3) is 0 Å². The van der Waals surface area contributed by atoms with Crippen LogP contribution >= 0.6 is 0 Å². The van der Waals surface area contributed by atoms with E-state index in [2.05, 4.69) is 26.5 Å². The molecule has 0 aliphatic carbocycles. The van der Waals surface area contributed by atoms with Crippen molar-refractivity contribution in [3.63, 3.8) is 0 Å². The maximum absolute atomic E-state index is 6.04. The molecule has 0 rings (SSSR count). The number of ether oxygens (including phenoxy) is 3. The van der Waals surface area contributed by atoms with E-state index in [1.165, 1.54) is 55.4 Å². The number of hydrogen-bond acceptors (Lipinski definition) is 3. The minimum atomic E-state index is -2.64. The normalized spacial score (nSPS) is 11.5. The second-order valence-electron chi connectivity index (χ2n) is 6.75. The second kappa shape index (κ2) is 16.2. The van der Waals surface area contributed by atoms with Crippen molar-refractivity contribution in [3.8, 4) is 0 Å². The van der Waals surface area contributed by atoms with Crippen LogP contribution in [0.1, 0.15) is 73.1 Å². The van der Waals surface area contributed by atoms with Crippen LogP contribution in [0.2, 0.25) is 13.3 Å². The molecule has 0 amide bonds. The van der Waals surface area contributed by atoms with Gasteiger partial charge in [0.15, 0.2) is 0 Å². The average molecular weight is 461 g/mol. The van der Waals surface area contributed by atoms with Gasteiger partial charge in [-0.2, -0.15) is 0 Å². The quantitative estimate of drug-likeness (QED) is 0.114. The third kappa shape index (κ3) is 9.51. The molecular formula is C21H42O3Sn. The molecule has 4 heteroatoms. The van der Waals surface area contributed by atoms with Gasteiger partial charge >= 0.3 is 161 Å². The van der Waals surface area contributed by atoms with Crippen LogP contribution in [-0.4, -0.2) is 45.0 Å². The Morgan fingerprint density at radius 2 is 1.28 bits per heavy atom. The van der Waals surface area contributed by atoms with E-state index in [9.17, 15) is 0 Å². The van der Waals surface area contributed by atoms with E-state index in [4.69, 9.17) is 14.2 Å². The molecule has 0 aliphatic heterocycles. The first-order valence-electron chi connectivity index (χ1n) is 10.4. The van der Waals surface area contributed by atoms with Crippen molar-refractivity contribution >= 4 is 18.4 Å². The van der Waals surface area contributed by atoms with Gasteiger partial charge in [0, 0.05) is 0 Å². The fraction of sp³-hybridized carbons (Fsp3) is 0.857. The number of unbranched alkanes of at least 4 members (excludes halogenated alkanes) is 3. The summed E-state index contributed by atoms with van der Waals surface area (Å²) in [6.45, 7) is 12.3. The molecule has 0 saturated carbocycles. The van der Waals surface area contributed by atoms with E-state index in [1.807, 2.05) is 13.8 Å². The van der Waals surface area contributed by atoms with Crippen LogP contribution in [0.5, 0.6) is 0 Å². The van der Waals surface area contributed by atoms with Gasteiger partial charge < -0.3 is 0 Å². The molecule has 0 radical (unpaired) electrons. The van der Waals surface area contributed by atoms with Gasteiger partial charge in [0.05, 0.1) is 0 Å². The molecule has 0 heterocycles. The monoisotopic (exact) mass is 462 g/mol. The predicted molar refractivity (Wildman–Crippen MR) is 111 cm³/mol. The van der Waals surface area contributed by atoms with Crippen LogP contribution in [0.4, 0.5) is 0 Å². The Morgan fingerprint density at radius 3 is 1.60 bits per heavy atom. The van der Waals surface area contributed by atoms with E-state index in [0.29, 0.717) is 13.2 Å². The Balaban J connectivity index is 6.00. The third-order valence-electron chi connectivity index (χ3n) is 4.80. The summed E-state index contributed by atoms with van der Waals surface area (Å²) in [5, 5.41) is 0. The van der Waals surface area contributed by atoms with Crippen molar-refractivity contribution in [1.29, 1.82) is 0 Å². The topological polar surface area (TPSA) is 27.7 Å². The Hall–Kier alpha value is 0.0387. The molecule has 0 aromatic heterocycles. The van der Waals surface area contributed by atoms with Gasteiger partial charge in [0.1, 0.15) is 0 Å². The zero-order chi connectivity index (χ0) is 19.0. The van der Waals surface area contributed by atoms with Crippen LogP contribution in [0, 0.1) is 0 Å². The second-order valence-corrected chi connectivity index (χ2v) is 19.9. The SMILES string of the molecule is CCC[CH2][Sn]([CH2]CCC)([CH2]CCC)[C](=C=COC)C(OCC)OCC. The number of hydrogen-bond donors (Lipinski definition) is 0. The number of rotatable bonds is 16. The summed E-state index contributed by atoms with van der Waals surface area (Å²) in [5.74, 6) is 0. The van der Waals surface area contributed by atoms with Crippen LogP contribution in [0.15, 0.2) is 15.6 Å². The third-order valence-corrected chi connectivity index (χ3v) is 20.4. The Morgan fingerprint density at radius 1 is 0.840 bits per heavy atom. The van der Waals surface area contributed by atoms with Crippen molar-refractivity contribution in [3.05, 3.63) is 15.6 Å². The van der Waals surface area contributed by atoms with Gasteiger partial charge in [-0.25, -0.2) is 0 Å². The summed E-state index contributed by atoms with van der Waals surface area (Å²) in [4.78, 5) is 0. The maximum atomic E-state index is 6.04. The van der Waals surface area contributed by atoms with E-state index in [-0.39, 0.29) is 6.29 Å². The summed E-state index contributed by atoms with van der Waals surface area (Å²) < 4.78 is 22.8. The summed E-state index contributed by atoms with van der Waals surface area (Å²) >= 11 is -2.64. The molecular weight excluding hydrogens is 419 g/mol. The molecule has 0 unspecified atom stereocenters. The average Bonchev–Trinajstić information content (AvgIpc) is 2.62. The Bertz CT molecular complexity index is 348. The minimum absolute atomic E-state index is 0.234. The summed E-state index contributed by atoms with van der Waals surface area (Å²) in [6.07, 6.45) is 9.19. The van der Waals surface area contributed by atoms with E-state index >= 15 is 0 Å². The zero-order valence-electron chi connectivity index (χ0n) is 17.7. The molecule has 0 atom stereocenters. The van der Waals surface area contributed by atoms with Crippen molar-refractivity contribution in [2.45, 2.75) is 92.7 Å². The van der Waals surface area contributed by atoms with Gasteiger partial charge in [-0.05, 0) is 0 Å². The number of methoxy groups -OCH3 is 1. The molecule has 25 heavy (non-hydrogen) atoms. The first-order chi connectivity index (χ1) is 12.2. The molecule has 148 valence electrons. The van der Waals surface area contributed by atoms with Crippen LogP contribution in [-0.2, 0) is 14.2 Å². The standard InChI is InChI=1S/C9H15O3.3C4H9.Sn/c1-4-11-9(12-5-2)7-6-8-10-3;3*1-3-4-2;/h8-9H,4-5H2,1-3H3;3*1,3-4H2,2H3;. The summed E-state index contributed by atoms with van der Waals surface area (Å²) in [5.41, 5.74) is 3.52. The first-order valence-corrected chi connectivity index (χ1v) is 17.8. The molecule has 0 saturated heterocycles. The van der Waals surface area contributed by atoms with Crippen molar-refractivity contribution in [2.75, 3.05) is 20.3 Å². The molecule has 0 aromatic carbocycles. The predicted octanol–water partition coefficient (Wildman–Crippen LogP) is 6.46.